The van der Waals surface area contributed by atoms with E-state index in [0.717, 1.165) is 11.6 Å². The van der Waals surface area contributed by atoms with Gasteiger partial charge < -0.3 is 10.6 Å². The molecular weight excluding hydrogens is 208 g/mol. The van der Waals surface area contributed by atoms with Crippen LogP contribution in [0.25, 0.3) is 0 Å². The highest BCUT2D eigenvalue weighted by Crippen LogP contribution is 2.32. The van der Waals surface area contributed by atoms with Crippen molar-refractivity contribution in [2.45, 2.75) is 45.6 Å². The van der Waals surface area contributed by atoms with Crippen molar-refractivity contribution < 1.29 is 0 Å². The van der Waals surface area contributed by atoms with E-state index in [1.807, 2.05) is 6.07 Å². The lowest BCUT2D eigenvalue weighted by Gasteiger charge is -2.35. The van der Waals surface area contributed by atoms with Gasteiger partial charge in [-0.1, -0.05) is 13.0 Å². The van der Waals surface area contributed by atoms with Gasteiger partial charge in [0.1, 0.15) is 0 Å². The van der Waals surface area contributed by atoms with Gasteiger partial charge in [0.2, 0.25) is 0 Å². The molecule has 1 aromatic rings. The number of rotatable bonds is 2. The van der Waals surface area contributed by atoms with Crippen molar-refractivity contribution in [2.75, 3.05) is 17.7 Å². The number of benzene rings is 1. The maximum Gasteiger partial charge on any atom is 0.0602 e. The predicted octanol–water partition coefficient (Wildman–Crippen LogP) is 3.59. The number of nitrogens with two attached hydrogens (primary N) is 1. The quantitative estimate of drug-likeness (QED) is 0.790. The molecule has 0 aromatic heterocycles. The van der Waals surface area contributed by atoms with Gasteiger partial charge in [-0.15, -0.1) is 0 Å². The van der Waals surface area contributed by atoms with Crippen molar-refractivity contribution >= 4 is 11.4 Å². The van der Waals surface area contributed by atoms with Crippen molar-refractivity contribution in [3.05, 3.63) is 23.8 Å². The van der Waals surface area contributed by atoms with Crippen LogP contribution in [0.1, 0.15) is 38.2 Å². The maximum atomic E-state index is 6.08. The molecule has 1 fully saturated rings. The van der Waals surface area contributed by atoms with Gasteiger partial charge in [0.15, 0.2) is 0 Å². The van der Waals surface area contributed by atoms with E-state index in [0.29, 0.717) is 6.04 Å². The molecule has 0 bridgehead atoms. The Bertz CT molecular complexity index is 379. The van der Waals surface area contributed by atoms with E-state index in [2.05, 4.69) is 37.9 Å². The highest BCUT2D eigenvalue weighted by molar-refractivity contribution is 5.68. The molecule has 1 aromatic carbocycles. The summed E-state index contributed by atoms with van der Waals surface area (Å²) in [6, 6.07) is 6.96. The molecule has 2 rings (SSSR count). The topological polar surface area (TPSA) is 29.3 Å². The summed E-state index contributed by atoms with van der Waals surface area (Å²) in [6.07, 6.45) is 5.29. The van der Waals surface area contributed by atoms with Gasteiger partial charge in [0.05, 0.1) is 11.4 Å². The summed E-state index contributed by atoms with van der Waals surface area (Å²) >= 11 is 0. The second-order valence-electron chi connectivity index (χ2n) is 5.59. The van der Waals surface area contributed by atoms with E-state index < -0.39 is 0 Å². The fraction of sp³-hybridized carbons (Fsp3) is 0.600. The molecule has 0 atom stereocenters. The molecule has 0 heterocycles. The van der Waals surface area contributed by atoms with Crippen LogP contribution in [0.3, 0.4) is 0 Å². The Balaban J connectivity index is 2.13. The molecule has 17 heavy (non-hydrogen) atoms. The number of nitrogens with zero attached hydrogens (tertiary/aromatic N) is 1. The van der Waals surface area contributed by atoms with Crippen LogP contribution in [-0.4, -0.2) is 13.1 Å². The summed E-state index contributed by atoms with van der Waals surface area (Å²) in [5.74, 6) is 0.898. The second-order valence-corrected chi connectivity index (χ2v) is 5.59. The molecule has 0 amide bonds. The van der Waals surface area contributed by atoms with Gasteiger partial charge in [-0.05, 0) is 56.2 Å². The molecule has 94 valence electrons. The molecule has 2 nitrogen and oxygen atoms in total. The molecule has 2 N–H and O–H groups in total. The van der Waals surface area contributed by atoms with Crippen LogP contribution in [0.15, 0.2) is 18.2 Å². The monoisotopic (exact) mass is 232 g/mol. The van der Waals surface area contributed by atoms with Crippen molar-refractivity contribution in [1.82, 2.24) is 0 Å². The third kappa shape index (κ3) is 2.74. The number of anilines is 2. The van der Waals surface area contributed by atoms with E-state index >= 15 is 0 Å². The van der Waals surface area contributed by atoms with Crippen molar-refractivity contribution in [3.63, 3.8) is 0 Å². The summed E-state index contributed by atoms with van der Waals surface area (Å²) in [5, 5.41) is 0. The second kappa shape index (κ2) is 4.99. The highest BCUT2D eigenvalue weighted by Gasteiger charge is 2.22. The molecule has 0 spiro atoms. The third-order valence-corrected chi connectivity index (χ3v) is 4.10. The standard InChI is InChI=1S/C15H24N2/c1-11-4-7-13(8-5-11)17(3)15-10-12(2)6-9-14(15)16/h6,9-11,13H,4-5,7-8,16H2,1-3H3. The van der Waals surface area contributed by atoms with Crippen molar-refractivity contribution in [2.24, 2.45) is 5.92 Å². The van der Waals surface area contributed by atoms with Crippen molar-refractivity contribution in [1.29, 1.82) is 0 Å². The molecular formula is C15H24N2. The summed E-state index contributed by atoms with van der Waals surface area (Å²) in [7, 11) is 2.19. The van der Waals surface area contributed by atoms with Gasteiger partial charge in [0.25, 0.3) is 0 Å². The lowest BCUT2D eigenvalue weighted by molar-refractivity contribution is 0.341. The van der Waals surface area contributed by atoms with Crippen LogP contribution >= 0.6 is 0 Å². The molecule has 0 saturated heterocycles. The molecule has 0 unspecified atom stereocenters. The van der Waals surface area contributed by atoms with Gasteiger partial charge in [-0.2, -0.15) is 0 Å². The minimum atomic E-state index is 0.662. The van der Waals surface area contributed by atoms with Crippen LogP contribution in [-0.2, 0) is 0 Å². The van der Waals surface area contributed by atoms with E-state index in [1.54, 1.807) is 0 Å². The van der Waals surface area contributed by atoms with Crippen LogP contribution < -0.4 is 10.6 Å². The largest absolute Gasteiger partial charge is 0.397 e. The Morgan fingerprint density at radius 3 is 2.47 bits per heavy atom. The molecule has 0 radical (unpaired) electrons. The Labute approximate surface area is 105 Å². The van der Waals surface area contributed by atoms with E-state index in [1.165, 1.54) is 36.9 Å². The molecule has 1 aliphatic rings. The Morgan fingerprint density at radius 1 is 1.18 bits per heavy atom. The van der Waals surface area contributed by atoms with Crippen molar-refractivity contribution in [3.8, 4) is 0 Å². The van der Waals surface area contributed by atoms with Gasteiger partial charge in [-0.25, -0.2) is 0 Å². The van der Waals surface area contributed by atoms with Crippen LogP contribution in [0, 0.1) is 12.8 Å². The average Bonchev–Trinajstić information content (AvgIpc) is 2.32. The number of hydrogen-bond donors (Lipinski definition) is 1. The molecule has 1 aliphatic carbocycles. The lowest BCUT2D eigenvalue weighted by atomic mass is 9.86. The van der Waals surface area contributed by atoms with Crippen LogP contribution in [0.5, 0.6) is 0 Å². The smallest absolute Gasteiger partial charge is 0.0602 e. The highest BCUT2D eigenvalue weighted by atomic mass is 15.1. The Kier molecular flexibility index (Phi) is 3.60. The molecule has 1 saturated carbocycles. The van der Waals surface area contributed by atoms with Gasteiger partial charge >= 0.3 is 0 Å². The SMILES string of the molecule is Cc1ccc(N)c(N(C)C2CCC(C)CC2)c1. The minimum absolute atomic E-state index is 0.662. The fourth-order valence-corrected chi connectivity index (χ4v) is 2.79. The summed E-state index contributed by atoms with van der Waals surface area (Å²) in [4.78, 5) is 2.38. The maximum absolute atomic E-state index is 6.08. The van der Waals surface area contributed by atoms with Gasteiger partial charge in [0, 0.05) is 13.1 Å². The first kappa shape index (κ1) is 12.3. The number of hydrogen-bond acceptors (Lipinski definition) is 2. The first-order chi connectivity index (χ1) is 8.08. The number of nitrogen functional groups attached to an aromatic ring is 1. The first-order valence-electron chi connectivity index (χ1n) is 6.67. The number of aryl methyl sites for hydroxylation is 1. The average molecular weight is 232 g/mol. The zero-order valence-corrected chi connectivity index (χ0v) is 11.2. The summed E-state index contributed by atoms with van der Waals surface area (Å²) in [5.41, 5.74) is 9.46. The zero-order valence-electron chi connectivity index (χ0n) is 11.2. The minimum Gasteiger partial charge on any atom is -0.397 e. The molecule has 2 heteroatoms. The zero-order chi connectivity index (χ0) is 12.4. The first-order valence-corrected chi connectivity index (χ1v) is 6.67. The van der Waals surface area contributed by atoms with Gasteiger partial charge in [-0.3, -0.25) is 0 Å². The Hall–Kier alpha value is -1.18. The third-order valence-electron chi connectivity index (χ3n) is 4.10. The summed E-state index contributed by atoms with van der Waals surface area (Å²) in [6.45, 7) is 4.48. The van der Waals surface area contributed by atoms with E-state index in [-0.39, 0.29) is 0 Å². The predicted molar refractivity (Wildman–Crippen MR) is 75.4 cm³/mol. The molecule has 0 aliphatic heterocycles. The van der Waals surface area contributed by atoms with E-state index in [9.17, 15) is 0 Å². The Morgan fingerprint density at radius 2 is 1.82 bits per heavy atom. The normalized spacial score (nSPS) is 24.6. The van der Waals surface area contributed by atoms with Crippen LogP contribution in [0.4, 0.5) is 11.4 Å². The fourth-order valence-electron chi connectivity index (χ4n) is 2.79. The van der Waals surface area contributed by atoms with Crippen LogP contribution in [0.2, 0.25) is 0 Å². The van der Waals surface area contributed by atoms with E-state index in [4.69, 9.17) is 5.73 Å². The summed E-state index contributed by atoms with van der Waals surface area (Å²) < 4.78 is 0. The lowest BCUT2D eigenvalue weighted by Crippen LogP contribution is -2.35.